The van der Waals surface area contributed by atoms with E-state index in [1.807, 2.05) is 13.0 Å². The lowest BCUT2D eigenvalue weighted by molar-refractivity contribution is 0.876. The molecule has 1 N–H and O–H groups in total. The van der Waals surface area contributed by atoms with Gasteiger partial charge in [0, 0.05) is 5.69 Å². The Hall–Kier alpha value is -1.91. The molecule has 2 aromatic heterocycles. The van der Waals surface area contributed by atoms with Gasteiger partial charge in [-0.25, -0.2) is 9.59 Å². The highest BCUT2D eigenvalue weighted by molar-refractivity contribution is 5.41. The van der Waals surface area contributed by atoms with E-state index in [1.54, 1.807) is 13.0 Å². The summed E-state index contributed by atoms with van der Waals surface area (Å²) >= 11 is 0. The Morgan fingerprint density at radius 3 is 2.71 bits per heavy atom. The fraction of sp³-hybridized carbons (Fsp3) is 0.222. The zero-order chi connectivity index (χ0) is 10.3. The molecule has 0 radical (unpaired) electrons. The SMILES string of the molecule is Cc1cc(C)n2c(=O)[nH]c(=O)nc2c1. The van der Waals surface area contributed by atoms with E-state index >= 15 is 0 Å². The number of aryl methyl sites for hydroxylation is 2. The third kappa shape index (κ3) is 1.22. The number of hydrogen-bond acceptors (Lipinski definition) is 3. The number of aromatic amines is 1. The number of hydrogen-bond donors (Lipinski definition) is 1. The van der Waals surface area contributed by atoms with Crippen LogP contribution in [0.25, 0.3) is 5.65 Å². The van der Waals surface area contributed by atoms with Gasteiger partial charge >= 0.3 is 11.4 Å². The van der Waals surface area contributed by atoms with Crippen molar-refractivity contribution in [3.05, 3.63) is 44.4 Å². The molecule has 0 aromatic carbocycles. The molecule has 0 saturated heterocycles. The number of fused-ring (bicyclic) bond motifs is 1. The molecule has 5 nitrogen and oxygen atoms in total. The van der Waals surface area contributed by atoms with Crippen LogP contribution >= 0.6 is 0 Å². The van der Waals surface area contributed by atoms with E-state index in [0.717, 1.165) is 11.3 Å². The van der Waals surface area contributed by atoms with E-state index in [-0.39, 0.29) is 0 Å². The predicted octanol–water partition coefficient (Wildman–Crippen LogP) is -0.000360. The normalized spacial score (nSPS) is 10.7. The minimum atomic E-state index is -0.611. The van der Waals surface area contributed by atoms with Crippen molar-refractivity contribution in [2.24, 2.45) is 0 Å². The molecule has 5 heteroatoms. The monoisotopic (exact) mass is 191 g/mol. The molecule has 0 bridgehead atoms. The van der Waals surface area contributed by atoms with Gasteiger partial charge in [0.05, 0.1) is 0 Å². The number of pyridine rings is 1. The molecule has 0 amide bonds. The summed E-state index contributed by atoms with van der Waals surface area (Å²) in [5.74, 6) is 0. The molecule has 2 heterocycles. The lowest BCUT2D eigenvalue weighted by atomic mass is 10.2. The van der Waals surface area contributed by atoms with E-state index in [9.17, 15) is 9.59 Å². The largest absolute Gasteiger partial charge is 0.351 e. The van der Waals surface area contributed by atoms with Gasteiger partial charge in [-0.15, -0.1) is 0 Å². The highest BCUT2D eigenvalue weighted by Crippen LogP contribution is 2.04. The van der Waals surface area contributed by atoms with Crippen LogP contribution in [0.5, 0.6) is 0 Å². The van der Waals surface area contributed by atoms with Crippen LogP contribution in [-0.2, 0) is 0 Å². The van der Waals surface area contributed by atoms with Gasteiger partial charge in [-0.3, -0.25) is 9.38 Å². The van der Waals surface area contributed by atoms with Crippen molar-refractivity contribution >= 4 is 5.65 Å². The van der Waals surface area contributed by atoms with Gasteiger partial charge in [-0.1, -0.05) is 0 Å². The van der Waals surface area contributed by atoms with Crippen LogP contribution in [0, 0.1) is 13.8 Å². The predicted molar refractivity (Wildman–Crippen MR) is 51.6 cm³/mol. The van der Waals surface area contributed by atoms with Crippen molar-refractivity contribution < 1.29 is 0 Å². The van der Waals surface area contributed by atoms with E-state index < -0.39 is 11.4 Å². The maximum atomic E-state index is 11.4. The molecule has 0 aliphatic rings. The van der Waals surface area contributed by atoms with Gasteiger partial charge in [-0.05, 0) is 31.5 Å². The summed E-state index contributed by atoms with van der Waals surface area (Å²) in [4.78, 5) is 28.2. The first kappa shape index (κ1) is 8.68. The van der Waals surface area contributed by atoms with Crippen LogP contribution in [0.2, 0.25) is 0 Å². The van der Waals surface area contributed by atoms with E-state index in [1.165, 1.54) is 4.40 Å². The van der Waals surface area contributed by atoms with E-state index in [0.29, 0.717) is 5.65 Å². The Bertz CT molecular complexity index is 609. The van der Waals surface area contributed by atoms with Crippen LogP contribution < -0.4 is 11.4 Å². The second kappa shape index (κ2) is 2.80. The molecule has 2 rings (SSSR count). The van der Waals surface area contributed by atoms with E-state index in [4.69, 9.17) is 0 Å². The summed E-state index contributed by atoms with van der Waals surface area (Å²) in [5, 5.41) is 0. The Labute approximate surface area is 79.1 Å². The Kier molecular flexibility index (Phi) is 1.73. The minimum Gasteiger partial charge on any atom is -0.257 e. The van der Waals surface area contributed by atoms with Crippen molar-refractivity contribution in [3.8, 4) is 0 Å². The molecule has 0 aliphatic carbocycles. The molecule has 2 aromatic rings. The molecule has 0 aliphatic heterocycles. The van der Waals surface area contributed by atoms with Gasteiger partial charge < -0.3 is 0 Å². The zero-order valence-corrected chi connectivity index (χ0v) is 7.87. The third-order valence-corrected chi connectivity index (χ3v) is 2.01. The zero-order valence-electron chi connectivity index (χ0n) is 7.87. The standard InChI is InChI=1S/C9H9N3O2/c1-5-3-6(2)12-7(4-5)10-8(13)11-9(12)14/h3-4H,1-2H3,(H,11,13,14). The highest BCUT2D eigenvalue weighted by Gasteiger charge is 2.02. The smallest absolute Gasteiger partial charge is 0.257 e. The summed E-state index contributed by atoms with van der Waals surface area (Å²) in [5.41, 5.74) is 1.06. The molecule has 0 unspecified atom stereocenters. The number of rotatable bonds is 0. The third-order valence-electron chi connectivity index (χ3n) is 2.01. The first-order valence-electron chi connectivity index (χ1n) is 4.18. The molecular weight excluding hydrogens is 182 g/mol. The molecular formula is C9H9N3O2. The second-order valence-corrected chi connectivity index (χ2v) is 3.21. The average Bonchev–Trinajstić information content (AvgIpc) is 1.99. The first-order valence-corrected chi connectivity index (χ1v) is 4.18. The number of aromatic nitrogens is 3. The van der Waals surface area contributed by atoms with E-state index in [2.05, 4.69) is 9.97 Å². The van der Waals surface area contributed by atoms with Crippen molar-refractivity contribution in [2.75, 3.05) is 0 Å². The molecule has 14 heavy (non-hydrogen) atoms. The van der Waals surface area contributed by atoms with Crippen LogP contribution in [-0.4, -0.2) is 14.4 Å². The van der Waals surface area contributed by atoms with Gasteiger partial charge in [0.2, 0.25) is 0 Å². The fourth-order valence-electron chi connectivity index (χ4n) is 1.51. The highest BCUT2D eigenvalue weighted by atomic mass is 16.2. The van der Waals surface area contributed by atoms with Gasteiger partial charge in [-0.2, -0.15) is 4.98 Å². The van der Waals surface area contributed by atoms with Crippen LogP contribution in [0.3, 0.4) is 0 Å². The Morgan fingerprint density at radius 1 is 1.29 bits per heavy atom. The maximum Gasteiger partial charge on any atom is 0.351 e. The quantitative estimate of drug-likeness (QED) is 0.637. The summed E-state index contributed by atoms with van der Waals surface area (Å²) in [6, 6.07) is 3.55. The van der Waals surface area contributed by atoms with Crippen LogP contribution in [0.4, 0.5) is 0 Å². The van der Waals surface area contributed by atoms with Crippen molar-refractivity contribution in [2.45, 2.75) is 13.8 Å². The van der Waals surface area contributed by atoms with Crippen LogP contribution in [0.1, 0.15) is 11.3 Å². The second-order valence-electron chi connectivity index (χ2n) is 3.21. The van der Waals surface area contributed by atoms with Crippen LogP contribution in [0.15, 0.2) is 21.7 Å². The lowest BCUT2D eigenvalue weighted by Gasteiger charge is -2.03. The molecule has 0 saturated carbocycles. The number of nitrogens with one attached hydrogen (secondary N) is 1. The Morgan fingerprint density at radius 2 is 2.00 bits per heavy atom. The number of nitrogens with zero attached hydrogens (tertiary/aromatic N) is 2. The summed E-state index contributed by atoms with van der Waals surface area (Å²) in [6.45, 7) is 3.68. The summed E-state index contributed by atoms with van der Waals surface area (Å²) < 4.78 is 1.37. The van der Waals surface area contributed by atoms with Crippen molar-refractivity contribution in [1.29, 1.82) is 0 Å². The van der Waals surface area contributed by atoms with Crippen molar-refractivity contribution in [1.82, 2.24) is 14.4 Å². The van der Waals surface area contributed by atoms with Gasteiger partial charge in [0.1, 0.15) is 5.65 Å². The molecule has 0 spiro atoms. The Balaban J connectivity index is 3.10. The molecule has 0 atom stereocenters. The number of H-pyrrole nitrogens is 1. The fourth-order valence-corrected chi connectivity index (χ4v) is 1.51. The van der Waals surface area contributed by atoms with Crippen molar-refractivity contribution in [3.63, 3.8) is 0 Å². The average molecular weight is 191 g/mol. The maximum absolute atomic E-state index is 11.4. The topological polar surface area (TPSA) is 67.2 Å². The minimum absolute atomic E-state index is 0.385. The summed E-state index contributed by atoms with van der Waals surface area (Å²) in [7, 11) is 0. The van der Waals surface area contributed by atoms with Gasteiger partial charge in [0.15, 0.2) is 0 Å². The lowest BCUT2D eigenvalue weighted by Crippen LogP contribution is -2.29. The summed E-state index contributed by atoms with van der Waals surface area (Å²) in [6.07, 6.45) is 0. The molecule has 0 fully saturated rings. The van der Waals surface area contributed by atoms with Gasteiger partial charge in [0.25, 0.3) is 0 Å². The molecule has 72 valence electrons. The first-order chi connectivity index (χ1) is 6.58.